The van der Waals surface area contributed by atoms with Gasteiger partial charge in [-0.1, -0.05) is 0 Å². The summed E-state index contributed by atoms with van der Waals surface area (Å²) in [6, 6.07) is 10.7. The lowest BCUT2D eigenvalue weighted by molar-refractivity contribution is 0.0905. The molecule has 1 amide bonds. The van der Waals surface area contributed by atoms with Crippen LogP contribution in [0.2, 0.25) is 0 Å². The van der Waals surface area contributed by atoms with Crippen LogP contribution in [0.15, 0.2) is 51.5 Å². The summed E-state index contributed by atoms with van der Waals surface area (Å²) in [6.07, 6.45) is 0.628. The van der Waals surface area contributed by atoms with Crippen molar-refractivity contribution < 1.29 is 18.7 Å². The van der Waals surface area contributed by atoms with E-state index in [0.717, 1.165) is 16.4 Å². The highest BCUT2D eigenvalue weighted by atomic mass is 32.1. The summed E-state index contributed by atoms with van der Waals surface area (Å²) in [4.78, 5) is 13.6. The molecule has 0 aliphatic rings. The molecule has 114 valence electrons. The van der Waals surface area contributed by atoms with E-state index in [1.165, 1.54) is 17.6 Å². The molecule has 3 rings (SSSR count). The van der Waals surface area contributed by atoms with Crippen molar-refractivity contribution in [2.75, 3.05) is 6.54 Å². The summed E-state index contributed by atoms with van der Waals surface area (Å²) < 4.78 is 10.6. The van der Waals surface area contributed by atoms with E-state index in [4.69, 9.17) is 8.83 Å². The van der Waals surface area contributed by atoms with Crippen LogP contribution in [0.5, 0.6) is 0 Å². The van der Waals surface area contributed by atoms with Crippen LogP contribution in [-0.4, -0.2) is 17.6 Å². The van der Waals surface area contributed by atoms with Crippen molar-refractivity contribution in [2.45, 2.75) is 13.0 Å². The van der Waals surface area contributed by atoms with Gasteiger partial charge in [-0.05, 0) is 43.3 Å². The lowest BCUT2D eigenvalue weighted by Gasteiger charge is -2.08. The van der Waals surface area contributed by atoms with Gasteiger partial charge in [0.25, 0.3) is 5.91 Å². The summed E-state index contributed by atoms with van der Waals surface area (Å²) in [5.74, 6) is 1.77. The van der Waals surface area contributed by atoms with Crippen LogP contribution in [0.4, 0.5) is 0 Å². The summed E-state index contributed by atoms with van der Waals surface area (Å²) >= 11 is 1.35. The first kappa shape index (κ1) is 14.6. The normalized spacial score (nSPS) is 12.3. The highest BCUT2D eigenvalue weighted by Gasteiger charge is 2.15. The Hall–Kier alpha value is -2.31. The molecule has 1 atom stereocenters. The molecular formula is C16H15NO4S. The van der Waals surface area contributed by atoms with Crippen LogP contribution < -0.4 is 5.32 Å². The first-order chi connectivity index (χ1) is 10.6. The van der Waals surface area contributed by atoms with E-state index in [9.17, 15) is 9.90 Å². The minimum atomic E-state index is -0.855. The highest BCUT2D eigenvalue weighted by Crippen LogP contribution is 2.29. The van der Waals surface area contributed by atoms with Crippen LogP contribution >= 0.6 is 11.3 Å². The Bertz CT molecular complexity index is 757. The third kappa shape index (κ3) is 3.13. The van der Waals surface area contributed by atoms with Crippen LogP contribution in [0, 0.1) is 6.92 Å². The summed E-state index contributed by atoms with van der Waals surface area (Å²) in [5, 5.41) is 12.6. The quantitative estimate of drug-likeness (QED) is 0.756. The maximum atomic E-state index is 12.1. The minimum Gasteiger partial charge on any atom is -0.467 e. The molecule has 0 spiro atoms. The van der Waals surface area contributed by atoms with Gasteiger partial charge in [0, 0.05) is 0 Å². The third-order valence-electron chi connectivity index (χ3n) is 3.14. The standard InChI is InChI=1S/C16H15NO4S/c1-10-4-5-13(21-10)14-6-7-15(22-14)16(19)17-9-11(18)12-3-2-8-20-12/h2-8,11,18H,9H2,1H3,(H,17,19)/t11-/m1/s1. The van der Waals surface area contributed by atoms with E-state index < -0.39 is 6.10 Å². The topological polar surface area (TPSA) is 75.6 Å². The number of aryl methyl sites for hydroxylation is 1. The number of carbonyl (C=O) groups is 1. The largest absolute Gasteiger partial charge is 0.467 e. The van der Waals surface area contributed by atoms with Gasteiger partial charge in [0.2, 0.25) is 0 Å². The monoisotopic (exact) mass is 317 g/mol. The maximum absolute atomic E-state index is 12.1. The predicted molar refractivity (Wildman–Crippen MR) is 82.8 cm³/mol. The lowest BCUT2D eigenvalue weighted by Crippen LogP contribution is -2.27. The molecular weight excluding hydrogens is 302 g/mol. The second-order valence-electron chi connectivity index (χ2n) is 4.82. The van der Waals surface area contributed by atoms with Gasteiger partial charge in [-0.25, -0.2) is 0 Å². The predicted octanol–water partition coefficient (Wildman–Crippen LogP) is 3.37. The van der Waals surface area contributed by atoms with Gasteiger partial charge < -0.3 is 19.3 Å². The van der Waals surface area contributed by atoms with Gasteiger partial charge in [0.05, 0.1) is 22.6 Å². The SMILES string of the molecule is Cc1ccc(-c2ccc(C(=O)NC[C@@H](O)c3ccco3)s2)o1. The first-order valence-electron chi connectivity index (χ1n) is 6.80. The molecule has 5 nitrogen and oxygen atoms in total. The van der Waals surface area contributed by atoms with Gasteiger partial charge in [-0.15, -0.1) is 11.3 Å². The fourth-order valence-electron chi connectivity index (χ4n) is 2.02. The fraction of sp³-hybridized carbons (Fsp3) is 0.188. The minimum absolute atomic E-state index is 0.0967. The molecule has 3 aromatic rings. The fourth-order valence-corrected chi connectivity index (χ4v) is 2.90. The number of thiophene rings is 1. The Kier molecular flexibility index (Phi) is 4.13. The zero-order valence-electron chi connectivity index (χ0n) is 11.9. The average molecular weight is 317 g/mol. The smallest absolute Gasteiger partial charge is 0.261 e. The van der Waals surface area contributed by atoms with Gasteiger partial charge in [0.1, 0.15) is 23.4 Å². The van der Waals surface area contributed by atoms with Crippen molar-refractivity contribution in [3.05, 3.63) is 59.1 Å². The first-order valence-corrected chi connectivity index (χ1v) is 7.61. The molecule has 0 aliphatic carbocycles. The number of furan rings is 2. The molecule has 3 aromatic heterocycles. The van der Waals surface area contributed by atoms with Crippen molar-refractivity contribution in [1.82, 2.24) is 5.32 Å². The summed E-state index contributed by atoms with van der Waals surface area (Å²) in [5.41, 5.74) is 0. The number of rotatable bonds is 5. The summed E-state index contributed by atoms with van der Waals surface area (Å²) in [7, 11) is 0. The molecule has 0 aliphatic heterocycles. The second-order valence-corrected chi connectivity index (χ2v) is 5.90. The highest BCUT2D eigenvalue weighted by molar-refractivity contribution is 7.17. The molecule has 2 N–H and O–H groups in total. The molecule has 0 fully saturated rings. The molecule has 0 saturated carbocycles. The number of nitrogens with one attached hydrogen (secondary N) is 1. The number of carbonyl (C=O) groups excluding carboxylic acids is 1. The van der Waals surface area contributed by atoms with Crippen molar-refractivity contribution in [3.63, 3.8) is 0 Å². The Morgan fingerprint density at radius 1 is 1.32 bits per heavy atom. The number of hydrogen-bond donors (Lipinski definition) is 2. The van der Waals surface area contributed by atoms with E-state index >= 15 is 0 Å². The average Bonchev–Trinajstić information content (AvgIpc) is 3.23. The van der Waals surface area contributed by atoms with Gasteiger partial charge >= 0.3 is 0 Å². The van der Waals surface area contributed by atoms with Crippen LogP contribution in [0.3, 0.4) is 0 Å². The Balaban J connectivity index is 1.62. The maximum Gasteiger partial charge on any atom is 0.261 e. The van der Waals surface area contributed by atoms with Crippen molar-refractivity contribution in [1.29, 1.82) is 0 Å². The molecule has 0 bridgehead atoms. The van der Waals surface area contributed by atoms with E-state index in [-0.39, 0.29) is 12.5 Å². The van der Waals surface area contributed by atoms with Crippen molar-refractivity contribution >= 4 is 17.2 Å². The number of aliphatic hydroxyl groups is 1. The van der Waals surface area contributed by atoms with E-state index in [1.54, 1.807) is 18.2 Å². The van der Waals surface area contributed by atoms with Crippen LogP contribution in [-0.2, 0) is 0 Å². The van der Waals surface area contributed by atoms with Crippen LogP contribution in [0.25, 0.3) is 10.6 Å². The van der Waals surface area contributed by atoms with Crippen molar-refractivity contribution in [2.24, 2.45) is 0 Å². The number of aliphatic hydroxyl groups excluding tert-OH is 1. The van der Waals surface area contributed by atoms with Crippen molar-refractivity contribution in [3.8, 4) is 10.6 Å². The van der Waals surface area contributed by atoms with E-state index in [2.05, 4.69) is 5.32 Å². The van der Waals surface area contributed by atoms with Gasteiger partial charge in [-0.2, -0.15) is 0 Å². The number of hydrogen-bond acceptors (Lipinski definition) is 5. The zero-order valence-corrected chi connectivity index (χ0v) is 12.7. The molecule has 0 aromatic carbocycles. The second kappa shape index (κ2) is 6.21. The third-order valence-corrected chi connectivity index (χ3v) is 4.24. The van der Waals surface area contributed by atoms with Gasteiger partial charge in [0.15, 0.2) is 0 Å². The molecule has 0 radical (unpaired) electrons. The Morgan fingerprint density at radius 2 is 2.18 bits per heavy atom. The molecule has 3 heterocycles. The molecule has 22 heavy (non-hydrogen) atoms. The Labute approximate surface area is 131 Å². The number of amides is 1. The summed E-state index contributed by atoms with van der Waals surface area (Å²) in [6.45, 7) is 1.97. The molecule has 6 heteroatoms. The lowest BCUT2D eigenvalue weighted by atomic mass is 10.2. The zero-order chi connectivity index (χ0) is 15.5. The van der Waals surface area contributed by atoms with E-state index in [1.807, 2.05) is 25.1 Å². The molecule has 0 unspecified atom stereocenters. The van der Waals surface area contributed by atoms with Gasteiger partial charge in [-0.3, -0.25) is 4.79 Å². The molecule has 0 saturated heterocycles. The van der Waals surface area contributed by atoms with Crippen LogP contribution in [0.1, 0.15) is 27.3 Å². The Morgan fingerprint density at radius 3 is 2.86 bits per heavy atom. The van der Waals surface area contributed by atoms with E-state index in [0.29, 0.717) is 10.6 Å².